The highest BCUT2D eigenvalue weighted by molar-refractivity contribution is 5.83. The first-order valence-electron chi connectivity index (χ1n) is 11.3. The summed E-state index contributed by atoms with van der Waals surface area (Å²) >= 11 is 0. The lowest BCUT2D eigenvalue weighted by Gasteiger charge is -2.18. The van der Waals surface area contributed by atoms with Crippen molar-refractivity contribution in [1.82, 2.24) is 9.97 Å². The molecule has 0 saturated carbocycles. The van der Waals surface area contributed by atoms with Crippen LogP contribution in [0.4, 0.5) is 0 Å². The molecule has 0 amide bonds. The molecule has 0 radical (unpaired) electrons. The Morgan fingerprint density at radius 2 is 0.971 bits per heavy atom. The normalized spacial score (nSPS) is 12.6. The van der Waals surface area contributed by atoms with Gasteiger partial charge in [-0.3, -0.25) is 0 Å². The summed E-state index contributed by atoms with van der Waals surface area (Å²) in [6.45, 7) is 12.8. The predicted octanol–water partition coefficient (Wildman–Crippen LogP) is 7.31. The Kier molecular flexibility index (Phi) is 4.76. The van der Waals surface area contributed by atoms with E-state index < -0.39 is 0 Å². The molecule has 0 unspecified atom stereocenters. The summed E-state index contributed by atoms with van der Waals surface area (Å²) in [5.74, 6) is 0.279. The van der Waals surface area contributed by atoms with Gasteiger partial charge < -0.3 is 19.0 Å². The molecular weight excluding hydrogens is 428 g/mol. The van der Waals surface area contributed by atoms with E-state index in [-0.39, 0.29) is 34.1 Å². The average Bonchev–Trinajstić information content (AvgIpc) is 3.36. The number of fused-ring (bicyclic) bond motifs is 2. The molecule has 2 aromatic heterocycles. The molecule has 2 heterocycles. The van der Waals surface area contributed by atoms with E-state index in [1.165, 1.54) is 12.1 Å². The number of nitrogens with zero attached hydrogens (tertiary/aromatic N) is 2. The molecule has 0 bridgehead atoms. The van der Waals surface area contributed by atoms with Crippen molar-refractivity contribution in [2.45, 2.75) is 52.4 Å². The van der Waals surface area contributed by atoms with Crippen LogP contribution in [-0.2, 0) is 10.8 Å². The third-order valence-electron chi connectivity index (χ3n) is 6.08. The second-order valence-corrected chi connectivity index (χ2v) is 10.8. The summed E-state index contributed by atoms with van der Waals surface area (Å²) in [6, 6.07) is 14.6. The first-order valence-corrected chi connectivity index (χ1v) is 11.3. The number of aromatic nitrogens is 2. The highest BCUT2D eigenvalue weighted by Gasteiger charge is 2.22. The van der Waals surface area contributed by atoms with Crippen molar-refractivity contribution in [2.75, 3.05) is 0 Å². The molecule has 3 aromatic carbocycles. The van der Waals surface area contributed by atoms with Crippen molar-refractivity contribution in [3.8, 4) is 34.4 Å². The van der Waals surface area contributed by atoms with Gasteiger partial charge in [-0.25, -0.2) is 9.97 Å². The van der Waals surface area contributed by atoms with E-state index >= 15 is 0 Å². The minimum absolute atomic E-state index is 0.0252. The molecule has 6 nitrogen and oxygen atoms in total. The van der Waals surface area contributed by atoms with Crippen LogP contribution in [0, 0.1) is 0 Å². The van der Waals surface area contributed by atoms with Gasteiger partial charge in [0.15, 0.2) is 11.2 Å². The maximum Gasteiger partial charge on any atom is 0.231 e. The molecule has 0 aliphatic heterocycles. The number of phenols is 2. The number of hydrogen-bond donors (Lipinski definition) is 2. The Morgan fingerprint density at radius 1 is 0.588 bits per heavy atom. The molecule has 0 aliphatic rings. The first kappa shape index (κ1) is 22.0. The van der Waals surface area contributed by atoms with Crippen molar-refractivity contribution in [2.24, 2.45) is 0 Å². The summed E-state index contributed by atoms with van der Waals surface area (Å²) in [4.78, 5) is 9.10. The lowest BCUT2D eigenvalue weighted by molar-refractivity contribution is 0.458. The van der Waals surface area contributed by atoms with E-state index in [1.807, 2.05) is 36.4 Å². The van der Waals surface area contributed by atoms with Crippen LogP contribution in [0.25, 0.3) is 45.1 Å². The smallest absolute Gasteiger partial charge is 0.231 e. The van der Waals surface area contributed by atoms with E-state index in [0.717, 1.165) is 11.1 Å². The van der Waals surface area contributed by atoms with E-state index in [4.69, 9.17) is 8.83 Å². The third-order valence-corrected chi connectivity index (χ3v) is 6.08. The molecule has 0 spiro atoms. The number of oxazole rings is 2. The van der Waals surface area contributed by atoms with Crippen LogP contribution in [-0.4, -0.2) is 20.2 Å². The van der Waals surface area contributed by atoms with E-state index in [2.05, 4.69) is 51.5 Å². The highest BCUT2D eigenvalue weighted by Crippen LogP contribution is 2.41. The van der Waals surface area contributed by atoms with Crippen LogP contribution in [0.2, 0.25) is 0 Å². The third kappa shape index (κ3) is 3.79. The van der Waals surface area contributed by atoms with Crippen molar-refractivity contribution < 1.29 is 19.0 Å². The number of phenolic OH excluding ortho intramolecular Hbond substituents is 2. The highest BCUT2D eigenvalue weighted by atomic mass is 16.4. The molecule has 6 heteroatoms. The van der Waals surface area contributed by atoms with Crippen LogP contribution in [0.5, 0.6) is 11.5 Å². The predicted molar refractivity (Wildman–Crippen MR) is 133 cm³/mol. The zero-order chi connectivity index (χ0) is 24.4. The lowest BCUT2D eigenvalue weighted by Crippen LogP contribution is -2.10. The fraction of sp³-hybridized carbons (Fsp3) is 0.286. The van der Waals surface area contributed by atoms with Crippen molar-refractivity contribution >= 4 is 22.2 Å². The Bertz CT molecular complexity index is 1430. The minimum atomic E-state index is -0.0898. The fourth-order valence-electron chi connectivity index (χ4n) is 3.94. The van der Waals surface area contributed by atoms with Gasteiger partial charge in [0.05, 0.1) is 11.1 Å². The van der Waals surface area contributed by atoms with Crippen LogP contribution in [0.1, 0.15) is 52.7 Å². The molecule has 2 N–H and O–H groups in total. The van der Waals surface area contributed by atoms with Gasteiger partial charge >= 0.3 is 0 Å². The molecule has 0 saturated heterocycles. The van der Waals surface area contributed by atoms with Crippen molar-refractivity contribution in [3.05, 3.63) is 59.7 Å². The van der Waals surface area contributed by atoms with E-state index in [0.29, 0.717) is 33.3 Å². The minimum Gasteiger partial charge on any atom is -0.507 e. The number of benzene rings is 3. The average molecular weight is 457 g/mol. The van der Waals surface area contributed by atoms with Gasteiger partial charge in [0.25, 0.3) is 0 Å². The first-order chi connectivity index (χ1) is 15.9. The molecule has 174 valence electrons. The van der Waals surface area contributed by atoms with Crippen molar-refractivity contribution in [3.63, 3.8) is 0 Å². The van der Waals surface area contributed by atoms with Crippen LogP contribution in [0.3, 0.4) is 0 Å². The number of aromatic hydroxyl groups is 2. The van der Waals surface area contributed by atoms with Crippen LogP contribution < -0.4 is 0 Å². The Labute approximate surface area is 197 Å². The largest absolute Gasteiger partial charge is 0.507 e. The van der Waals surface area contributed by atoms with Crippen molar-refractivity contribution in [1.29, 1.82) is 0 Å². The summed E-state index contributed by atoms with van der Waals surface area (Å²) < 4.78 is 11.7. The molecule has 0 fully saturated rings. The second-order valence-electron chi connectivity index (χ2n) is 10.8. The number of hydrogen-bond acceptors (Lipinski definition) is 6. The van der Waals surface area contributed by atoms with E-state index in [9.17, 15) is 10.2 Å². The quantitative estimate of drug-likeness (QED) is 0.271. The van der Waals surface area contributed by atoms with Gasteiger partial charge in [-0.15, -0.1) is 0 Å². The van der Waals surface area contributed by atoms with Gasteiger partial charge in [0.1, 0.15) is 22.5 Å². The zero-order valence-corrected chi connectivity index (χ0v) is 20.2. The molecule has 5 rings (SSSR count). The Balaban J connectivity index is 1.55. The standard InChI is InChI=1S/C28H28N2O4/c1-27(2,3)15-7-9-23-19(11-15)29-25(33-23)17-13-22(32)18(14-21(17)31)26-30-20-12-16(28(4,5)6)8-10-24(20)34-26/h7-14,31-32H,1-6H3. The van der Waals surface area contributed by atoms with E-state index in [1.54, 1.807) is 0 Å². The van der Waals surface area contributed by atoms with Crippen LogP contribution in [0.15, 0.2) is 57.4 Å². The molecule has 0 atom stereocenters. The van der Waals surface area contributed by atoms with Crippen LogP contribution >= 0.6 is 0 Å². The monoisotopic (exact) mass is 456 g/mol. The maximum atomic E-state index is 10.8. The van der Waals surface area contributed by atoms with Gasteiger partial charge in [0, 0.05) is 0 Å². The molecule has 34 heavy (non-hydrogen) atoms. The molecular formula is C28H28N2O4. The Morgan fingerprint density at radius 3 is 1.32 bits per heavy atom. The Hall–Kier alpha value is -3.80. The van der Waals surface area contributed by atoms with Gasteiger partial charge in [-0.1, -0.05) is 53.7 Å². The zero-order valence-electron chi connectivity index (χ0n) is 20.2. The summed E-state index contributed by atoms with van der Waals surface area (Å²) in [7, 11) is 0. The molecule has 5 aromatic rings. The topological polar surface area (TPSA) is 92.5 Å². The van der Waals surface area contributed by atoms with Gasteiger partial charge in [-0.2, -0.15) is 0 Å². The fourth-order valence-corrected chi connectivity index (χ4v) is 3.94. The lowest BCUT2D eigenvalue weighted by atomic mass is 9.87. The summed E-state index contributed by atoms with van der Waals surface area (Å²) in [5.41, 5.74) is 5.41. The summed E-state index contributed by atoms with van der Waals surface area (Å²) in [5, 5.41) is 21.6. The second kappa shape index (κ2) is 7.35. The molecule has 0 aliphatic carbocycles. The van der Waals surface area contributed by atoms with Gasteiger partial charge in [0.2, 0.25) is 11.8 Å². The maximum absolute atomic E-state index is 10.8. The summed E-state index contributed by atoms with van der Waals surface area (Å²) in [6.07, 6.45) is 0. The number of rotatable bonds is 2. The van der Waals surface area contributed by atoms with Gasteiger partial charge in [-0.05, 0) is 58.4 Å². The SMILES string of the molecule is CC(C)(C)c1ccc2oc(-c3cc(O)c(-c4nc5cc(C(C)(C)C)ccc5o4)cc3O)nc2c1.